The fourth-order valence-corrected chi connectivity index (χ4v) is 2.58. The van der Waals surface area contributed by atoms with Gasteiger partial charge in [0.2, 0.25) is 0 Å². The molecule has 2 rings (SSSR count). The Hall–Kier alpha value is -1.51. The first-order chi connectivity index (χ1) is 11.8. The Balaban J connectivity index is 1.93. The van der Waals surface area contributed by atoms with E-state index in [0.29, 0.717) is 45.8 Å². The zero-order chi connectivity index (χ0) is 18.3. The Morgan fingerprint density at radius 1 is 1.20 bits per heavy atom. The number of ether oxygens (including phenoxy) is 3. The van der Waals surface area contributed by atoms with Crippen LogP contribution in [0.25, 0.3) is 0 Å². The molecule has 0 radical (unpaired) electrons. The molecule has 5 nitrogen and oxygen atoms in total. The smallest absolute Gasteiger partial charge is 0.422 e. The first-order valence-corrected chi connectivity index (χ1v) is 8.27. The maximum absolute atomic E-state index is 12.3. The van der Waals surface area contributed by atoms with Crippen LogP contribution >= 0.6 is 0 Å². The number of nitrogens with one attached hydrogen (secondary N) is 1. The van der Waals surface area contributed by atoms with Crippen molar-refractivity contribution in [1.82, 2.24) is 5.32 Å². The predicted octanol–water partition coefficient (Wildman–Crippen LogP) is 2.66. The molecule has 0 bridgehead atoms. The Morgan fingerprint density at radius 3 is 2.56 bits per heavy atom. The number of benzene rings is 1. The lowest BCUT2D eigenvalue weighted by molar-refractivity contribution is -0.153. The summed E-state index contributed by atoms with van der Waals surface area (Å²) in [7, 11) is 0. The largest absolute Gasteiger partial charge is 0.490 e. The van der Waals surface area contributed by atoms with Gasteiger partial charge in [-0.1, -0.05) is 6.07 Å². The van der Waals surface area contributed by atoms with Crippen molar-refractivity contribution in [2.75, 3.05) is 33.0 Å². The average molecular weight is 363 g/mol. The SMILES string of the molecule is CCOc1cc(CNCC2(O)CCOCC2)ccc1OCC(F)(F)F. The molecule has 1 fully saturated rings. The molecule has 0 unspecified atom stereocenters. The maximum atomic E-state index is 12.3. The quantitative estimate of drug-likeness (QED) is 0.744. The van der Waals surface area contributed by atoms with Crippen LogP contribution < -0.4 is 14.8 Å². The summed E-state index contributed by atoms with van der Waals surface area (Å²) >= 11 is 0. The van der Waals surface area contributed by atoms with Gasteiger partial charge >= 0.3 is 6.18 Å². The zero-order valence-electron chi connectivity index (χ0n) is 14.2. The minimum atomic E-state index is -4.40. The highest BCUT2D eigenvalue weighted by Gasteiger charge is 2.30. The minimum Gasteiger partial charge on any atom is -0.490 e. The zero-order valence-corrected chi connectivity index (χ0v) is 14.2. The number of hydrogen-bond acceptors (Lipinski definition) is 5. The third-order valence-corrected chi connectivity index (χ3v) is 3.91. The van der Waals surface area contributed by atoms with Crippen LogP contribution in [0.3, 0.4) is 0 Å². The lowest BCUT2D eigenvalue weighted by atomic mass is 9.94. The molecule has 1 aliphatic heterocycles. The molecule has 1 saturated heterocycles. The second-order valence-electron chi connectivity index (χ2n) is 6.06. The average Bonchev–Trinajstić information content (AvgIpc) is 2.54. The Kier molecular flexibility index (Phi) is 6.92. The highest BCUT2D eigenvalue weighted by atomic mass is 19.4. The monoisotopic (exact) mass is 363 g/mol. The van der Waals surface area contributed by atoms with Gasteiger partial charge in [-0.2, -0.15) is 13.2 Å². The van der Waals surface area contributed by atoms with Gasteiger partial charge in [0, 0.05) is 39.1 Å². The number of rotatable bonds is 8. The van der Waals surface area contributed by atoms with Crippen LogP contribution in [0.4, 0.5) is 13.2 Å². The van der Waals surface area contributed by atoms with Crippen LogP contribution in [0.1, 0.15) is 25.3 Å². The third-order valence-electron chi connectivity index (χ3n) is 3.91. The molecular weight excluding hydrogens is 339 g/mol. The summed E-state index contributed by atoms with van der Waals surface area (Å²) in [5.41, 5.74) is 0.0509. The number of aliphatic hydroxyl groups is 1. The normalized spacial score (nSPS) is 17.3. The van der Waals surface area contributed by atoms with E-state index >= 15 is 0 Å². The first-order valence-electron chi connectivity index (χ1n) is 8.27. The van der Waals surface area contributed by atoms with Gasteiger partial charge in [-0.05, 0) is 24.6 Å². The van der Waals surface area contributed by atoms with Crippen LogP contribution in [0.15, 0.2) is 18.2 Å². The van der Waals surface area contributed by atoms with Crippen molar-refractivity contribution in [3.05, 3.63) is 23.8 Å². The summed E-state index contributed by atoms with van der Waals surface area (Å²) in [6.45, 7) is 2.67. The van der Waals surface area contributed by atoms with E-state index in [2.05, 4.69) is 5.32 Å². The second kappa shape index (κ2) is 8.73. The summed E-state index contributed by atoms with van der Waals surface area (Å²) in [6, 6.07) is 4.79. The van der Waals surface area contributed by atoms with Crippen molar-refractivity contribution in [2.45, 2.75) is 38.1 Å². The molecule has 0 aliphatic carbocycles. The van der Waals surface area contributed by atoms with E-state index in [1.165, 1.54) is 6.07 Å². The van der Waals surface area contributed by atoms with Crippen molar-refractivity contribution < 1.29 is 32.5 Å². The van der Waals surface area contributed by atoms with Crippen LogP contribution in [-0.4, -0.2) is 49.9 Å². The fourth-order valence-electron chi connectivity index (χ4n) is 2.58. The molecule has 0 amide bonds. The van der Waals surface area contributed by atoms with E-state index in [4.69, 9.17) is 14.2 Å². The summed E-state index contributed by atoms with van der Waals surface area (Å²) in [5.74, 6) is 0.335. The molecule has 0 atom stereocenters. The molecule has 8 heteroatoms. The molecule has 1 aliphatic rings. The summed E-state index contributed by atoms with van der Waals surface area (Å²) in [4.78, 5) is 0. The van der Waals surface area contributed by atoms with Crippen molar-refractivity contribution in [2.24, 2.45) is 0 Å². The lowest BCUT2D eigenvalue weighted by Crippen LogP contribution is -2.44. The molecule has 1 heterocycles. The molecule has 0 saturated carbocycles. The van der Waals surface area contributed by atoms with Crippen molar-refractivity contribution >= 4 is 0 Å². The molecule has 2 N–H and O–H groups in total. The van der Waals surface area contributed by atoms with Gasteiger partial charge in [-0.3, -0.25) is 0 Å². The van der Waals surface area contributed by atoms with Gasteiger partial charge in [0.05, 0.1) is 12.2 Å². The molecule has 0 aromatic heterocycles. The summed E-state index contributed by atoms with van der Waals surface area (Å²) < 4.78 is 52.3. The Bertz CT molecular complexity index is 545. The van der Waals surface area contributed by atoms with Gasteiger partial charge in [-0.25, -0.2) is 0 Å². The molecule has 1 aromatic rings. The van der Waals surface area contributed by atoms with Crippen molar-refractivity contribution in [3.63, 3.8) is 0 Å². The van der Waals surface area contributed by atoms with E-state index in [0.717, 1.165) is 5.56 Å². The fraction of sp³-hybridized carbons (Fsp3) is 0.647. The summed E-state index contributed by atoms with van der Waals surface area (Å²) in [6.07, 6.45) is -3.24. The molecule has 25 heavy (non-hydrogen) atoms. The highest BCUT2D eigenvalue weighted by molar-refractivity contribution is 5.43. The molecular formula is C17H24F3NO4. The van der Waals surface area contributed by atoms with Crippen LogP contribution in [0.5, 0.6) is 11.5 Å². The molecule has 1 aromatic carbocycles. The maximum Gasteiger partial charge on any atom is 0.422 e. The number of hydrogen-bond donors (Lipinski definition) is 2. The molecule has 0 spiro atoms. The van der Waals surface area contributed by atoms with Crippen molar-refractivity contribution in [3.8, 4) is 11.5 Å². The van der Waals surface area contributed by atoms with Crippen LogP contribution in [-0.2, 0) is 11.3 Å². The summed E-state index contributed by atoms with van der Waals surface area (Å²) in [5, 5.41) is 13.6. The lowest BCUT2D eigenvalue weighted by Gasteiger charge is -2.32. The minimum absolute atomic E-state index is 0.0611. The Morgan fingerprint density at radius 2 is 1.92 bits per heavy atom. The number of halogens is 3. The predicted molar refractivity (Wildman–Crippen MR) is 85.9 cm³/mol. The molecule has 142 valence electrons. The Labute approximate surface area is 145 Å². The van der Waals surface area contributed by atoms with Crippen LogP contribution in [0, 0.1) is 0 Å². The highest BCUT2D eigenvalue weighted by Crippen LogP contribution is 2.30. The number of alkyl halides is 3. The topological polar surface area (TPSA) is 60.0 Å². The van der Waals surface area contributed by atoms with Gasteiger partial charge < -0.3 is 24.6 Å². The second-order valence-corrected chi connectivity index (χ2v) is 6.06. The van der Waals surface area contributed by atoms with Gasteiger partial charge in [-0.15, -0.1) is 0 Å². The van der Waals surface area contributed by atoms with E-state index in [1.54, 1.807) is 19.1 Å². The van der Waals surface area contributed by atoms with Gasteiger partial charge in [0.15, 0.2) is 18.1 Å². The van der Waals surface area contributed by atoms with Crippen LogP contribution in [0.2, 0.25) is 0 Å². The van der Waals surface area contributed by atoms with Gasteiger partial charge in [0.1, 0.15) is 0 Å². The van der Waals surface area contributed by atoms with E-state index in [1.807, 2.05) is 0 Å². The van der Waals surface area contributed by atoms with E-state index in [9.17, 15) is 18.3 Å². The van der Waals surface area contributed by atoms with E-state index in [-0.39, 0.29) is 11.5 Å². The first kappa shape index (κ1) is 19.8. The van der Waals surface area contributed by atoms with E-state index < -0.39 is 18.4 Å². The van der Waals surface area contributed by atoms with Crippen molar-refractivity contribution in [1.29, 1.82) is 0 Å². The third kappa shape index (κ3) is 6.72. The van der Waals surface area contributed by atoms with Gasteiger partial charge in [0.25, 0.3) is 0 Å². The standard InChI is InChI=1S/C17H24F3NO4/c1-2-24-15-9-13(3-4-14(15)25-12-17(18,19)20)10-21-11-16(22)5-7-23-8-6-16/h3-4,9,21-22H,2,5-8,10-12H2,1H3.